The van der Waals surface area contributed by atoms with Crippen molar-refractivity contribution in [2.45, 2.75) is 25.7 Å². The van der Waals surface area contributed by atoms with Crippen molar-refractivity contribution in [2.75, 3.05) is 18.8 Å². The van der Waals surface area contributed by atoms with E-state index in [1.54, 1.807) is 18.7 Å². The van der Waals surface area contributed by atoms with Gasteiger partial charge in [-0.05, 0) is 38.0 Å². The molecule has 0 aliphatic carbocycles. The van der Waals surface area contributed by atoms with Gasteiger partial charge < -0.3 is 15.2 Å². The maximum atomic E-state index is 13.3. The second kappa shape index (κ2) is 7.19. The average molecular weight is 362 g/mol. The molecule has 7 nitrogen and oxygen atoms in total. The van der Waals surface area contributed by atoms with E-state index < -0.39 is 0 Å². The molecule has 1 aliphatic rings. The van der Waals surface area contributed by atoms with Crippen molar-refractivity contribution in [3.05, 3.63) is 66.0 Å². The van der Waals surface area contributed by atoms with Gasteiger partial charge in [-0.25, -0.2) is 15.0 Å². The minimum Gasteiger partial charge on any atom is -0.368 e. The summed E-state index contributed by atoms with van der Waals surface area (Å²) in [5, 5.41) is 0. The highest BCUT2D eigenvalue weighted by molar-refractivity contribution is 5.98. The van der Waals surface area contributed by atoms with Gasteiger partial charge in [-0.1, -0.05) is 11.6 Å². The molecule has 1 atom stereocenters. The third kappa shape index (κ3) is 3.53. The number of imidazole rings is 1. The zero-order valence-corrected chi connectivity index (χ0v) is 15.2. The Bertz CT molecular complexity index is 953. The van der Waals surface area contributed by atoms with Crippen LogP contribution in [0.25, 0.3) is 5.69 Å². The number of carbonyl (C=O) groups is 1. The Balaban J connectivity index is 1.62. The summed E-state index contributed by atoms with van der Waals surface area (Å²) in [4.78, 5) is 27.7. The van der Waals surface area contributed by atoms with Crippen LogP contribution < -0.4 is 5.73 Å². The van der Waals surface area contributed by atoms with Crippen molar-refractivity contribution in [2.24, 2.45) is 0 Å². The fourth-order valence-corrected chi connectivity index (χ4v) is 3.64. The Kier molecular flexibility index (Phi) is 4.58. The number of carbonyl (C=O) groups excluding carboxylic acids is 1. The van der Waals surface area contributed by atoms with E-state index in [4.69, 9.17) is 5.73 Å². The van der Waals surface area contributed by atoms with Crippen LogP contribution in [0.15, 0.2) is 49.2 Å². The van der Waals surface area contributed by atoms with Crippen LogP contribution in [0, 0.1) is 6.92 Å². The van der Waals surface area contributed by atoms with Crippen molar-refractivity contribution in [1.29, 1.82) is 0 Å². The molecule has 0 bridgehead atoms. The number of likely N-dealkylation sites (tertiary alicyclic amines) is 1. The number of nitrogens with two attached hydrogens (primary N) is 1. The smallest absolute Gasteiger partial charge is 0.256 e. The molecular weight excluding hydrogens is 340 g/mol. The van der Waals surface area contributed by atoms with Crippen LogP contribution in [0.3, 0.4) is 0 Å². The number of rotatable bonds is 3. The van der Waals surface area contributed by atoms with E-state index in [9.17, 15) is 4.79 Å². The number of anilines is 1. The van der Waals surface area contributed by atoms with E-state index >= 15 is 0 Å². The highest BCUT2D eigenvalue weighted by atomic mass is 16.2. The molecule has 1 saturated heterocycles. The van der Waals surface area contributed by atoms with Crippen LogP contribution in [-0.4, -0.2) is 43.4 Å². The van der Waals surface area contributed by atoms with Crippen molar-refractivity contribution >= 4 is 11.9 Å². The first-order valence-corrected chi connectivity index (χ1v) is 9.08. The lowest BCUT2D eigenvalue weighted by atomic mass is 9.94. The zero-order chi connectivity index (χ0) is 18.8. The first-order valence-electron chi connectivity index (χ1n) is 9.08. The fourth-order valence-electron chi connectivity index (χ4n) is 3.64. The number of nitrogen functional groups attached to an aromatic ring is 1. The molecule has 27 heavy (non-hydrogen) atoms. The number of piperidine rings is 1. The number of benzene rings is 1. The molecule has 138 valence electrons. The van der Waals surface area contributed by atoms with Crippen LogP contribution in [0.4, 0.5) is 5.95 Å². The molecule has 1 aliphatic heterocycles. The lowest BCUT2D eigenvalue weighted by molar-refractivity contribution is 0.0706. The maximum Gasteiger partial charge on any atom is 0.256 e. The summed E-state index contributed by atoms with van der Waals surface area (Å²) < 4.78 is 1.87. The van der Waals surface area contributed by atoms with E-state index in [2.05, 4.69) is 15.0 Å². The van der Waals surface area contributed by atoms with Crippen LogP contribution in [-0.2, 0) is 0 Å². The summed E-state index contributed by atoms with van der Waals surface area (Å²) in [7, 11) is 0. The molecule has 1 aromatic carbocycles. The molecule has 0 radical (unpaired) electrons. The summed E-state index contributed by atoms with van der Waals surface area (Å²) in [6.07, 6.45) is 8.88. The number of hydrogen-bond donors (Lipinski definition) is 1. The summed E-state index contributed by atoms with van der Waals surface area (Å²) in [5.41, 5.74) is 9.22. The van der Waals surface area contributed by atoms with Gasteiger partial charge in [0.15, 0.2) is 0 Å². The highest BCUT2D eigenvalue weighted by Gasteiger charge is 2.28. The van der Waals surface area contributed by atoms with Gasteiger partial charge in [0.2, 0.25) is 5.95 Å². The van der Waals surface area contributed by atoms with Gasteiger partial charge in [-0.2, -0.15) is 0 Å². The molecule has 3 heterocycles. The van der Waals surface area contributed by atoms with Crippen LogP contribution >= 0.6 is 0 Å². The van der Waals surface area contributed by atoms with Crippen LogP contribution in [0.2, 0.25) is 0 Å². The second-order valence-corrected chi connectivity index (χ2v) is 6.92. The largest absolute Gasteiger partial charge is 0.368 e. The van der Waals surface area contributed by atoms with Gasteiger partial charge in [0.1, 0.15) is 0 Å². The molecule has 0 spiro atoms. The average Bonchev–Trinajstić information content (AvgIpc) is 3.22. The third-order valence-corrected chi connectivity index (χ3v) is 4.99. The standard InChI is InChI=1S/C20H22N6O/c1-14-4-5-18(26-10-8-22-13-26)16(11-14)19(27)25-9-2-3-15(12-25)17-6-7-23-20(21)24-17/h4-8,10-11,13,15H,2-3,9,12H2,1H3,(H2,21,23,24). The van der Waals surface area contributed by atoms with Crippen molar-refractivity contribution in [3.8, 4) is 5.69 Å². The Morgan fingerprint density at radius 1 is 1.26 bits per heavy atom. The van der Waals surface area contributed by atoms with Gasteiger partial charge >= 0.3 is 0 Å². The topological polar surface area (TPSA) is 89.9 Å². The van der Waals surface area contributed by atoms with Crippen LogP contribution in [0.1, 0.15) is 40.4 Å². The first-order chi connectivity index (χ1) is 13.1. The maximum absolute atomic E-state index is 13.3. The van der Waals surface area contributed by atoms with Crippen molar-refractivity contribution in [1.82, 2.24) is 24.4 Å². The van der Waals surface area contributed by atoms with E-state index in [0.29, 0.717) is 12.1 Å². The normalized spacial score (nSPS) is 17.1. The molecule has 4 rings (SSSR count). The molecule has 1 amide bonds. The number of amides is 1. The van der Waals surface area contributed by atoms with Gasteiger partial charge in [-0.3, -0.25) is 4.79 Å². The summed E-state index contributed by atoms with van der Waals surface area (Å²) in [5.74, 6) is 0.487. The molecule has 2 aromatic heterocycles. The van der Waals surface area contributed by atoms with Crippen molar-refractivity contribution < 1.29 is 4.79 Å². The third-order valence-electron chi connectivity index (χ3n) is 4.99. The monoisotopic (exact) mass is 362 g/mol. The molecule has 7 heteroatoms. The van der Waals surface area contributed by atoms with E-state index in [1.165, 1.54) is 0 Å². The second-order valence-electron chi connectivity index (χ2n) is 6.92. The number of aryl methyl sites for hydroxylation is 1. The summed E-state index contributed by atoms with van der Waals surface area (Å²) >= 11 is 0. The van der Waals surface area contributed by atoms with Gasteiger partial charge in [0, 0.05) is 37.6 Å². The first kappa shape index (κ1) is 17.2. The zero-order valence-electron chi connectivity index (χ0n) is 15.2. The Morgan fingerprint density at radius 2 is 2.15 bits per heavy atom. The van der Waals surface area contributed by atoms with Gasteiger partial charge in [-0.15, -0.1) is 0 Å². The van der Waals surface area contributed by atoms with E-state index in [1.807, 2.05) is 46.9 Å². The van der Waals surface area contributed by atoms with Crippen LogP contribution in [0.5, 0.6) is 0 Å². The quantitative estimate of drug-likeness (QED) is 0.773. The van der Waals surface area contributed by atoms with Crippen molar-refractivity contribution in [3.63, 3.8) is 0 Å². The SMILES string of the molecule is Cc1ccc(-n2ccnc2)c(C(=O)N2CCCC(c3ccnc(N)n3)C2)c1. The molecule has 3 aromatic rings. The highest BCUT2D eigenvalue weighted by Crippen LogP contribution is 2.28. The number of aromatic nitrogens is 4. The predicted octanol–water partition coefficient (Wildman–Crippen LogP) is 2.57. The molecule has 2 N–H and O–H groups in total. The molecular formula is C20H22N6O. The minimum atomic E-state index is 0.0362. The predicted molar refractivity (Wildman–Crippen MR) is 103 cm³/mol. The van der Waals surface area contributed by atoms with E-state index in [0.717, 1.165) is 36.3 Å². The Hall–Kier alpha value is -3.22. The number of nitrogens with zero attached hydrogens (tertiary/aromatic N) is 5. The summed E-state index contributed by atoms with van der Waals surface area (Å²) in [6.45, 7) is 3.37. The van der Waals surface area contributed by atoms with E-state index in [-0.39, 0.29) is 17.8 Å². The van der Waals surface area contributed by atoms with Gasteiger partial charge in [0.25, 0.3) is 5.91 Å². The Morgan fingerprint density at radius 3 is 2.93 bits per heavy atom. The minimum absolute atomic E-state index is 0.0362. The molecule has 0 saturated carbocycles. The lowest BCUT2D eigenvalue weighted by Crippen LogP contribution is -2.39. The lowest BCUT2D eigenvalue weighted by Gasteiger charge is -2.33. The fraction of sp³-hybridized carbons (Fsp3) is 0.300. The Labute approximate surface area is 157 Å². The van der Waals surface area contributed by atoms with Gasteiger partial charge in [0.05, 0.1) is 23.3 Å². The molecule has 1 unspecified atom stereocenters. The number of hydrogen-bond acceptors (Lipinski definition) is 5. The summed E-state index contributed by atoms with van der Waals surface area (Å²) in [6, 6.07) is 7.81. The molecule has 1 fully saturated rings.